The van der Waals surface area contributed by atoms with Crippen LogP contribution in [0.3, 0.4) is 0 Å². The van der Waals surface area contributed by atoms with Crippen molar-refractivity contribution in [1.82, 2.24) is 14.9 Å². The summed E-state index contributed by atoms with van der Waals surface area (Å²) in [6.45, 7) is 3.73. The molecule has 0 saturated heterocycles. The summed E-state index contributed by atoms with van der Waals surface area (Å²) < 4.78 is 35.3. The van der Waals surface area contributed by atoms with E-state index in [4.69, 9.17) is 4.74 Å². The smallest absolute Gasteiger partial charge is 0.257 e. The molecular weight excluding hydrogens is 418 g/mol. The summed E-state index contributed by atoms with van der Waals surface area (Å²) >= 11 is 0. The normalized spacial score (nSPS) is 11.8. The van der Waals surface area contributed by atoms with Crippen molar-refractivity contribution >= 4 is 17.5 Å². The molecular formula is C23H24F2N4O3. The molecule has 3 rings (SSSR count). The van der Waals surface area contributed by atoms with E-state index in [0.717, 1.165) is 24.0 Å². The molecule has 1 atom stereocenters. The first-order valence-corrected chi connectivity index (χ1v) is 10.0. The average molecular weight is 442 g/mol. The lowest BCUT2D eigenvalue weighted by Crippen LogP contribution is -2.47. The number of hydrogen-bond acceptors (Lipinski definition) is 4. The summed E-state index contributed by atoms with van der Waals surface area (Å²) in [5, 5.41) is 5.12. The van der Waals surface area contributed by atoms with Gasteiger partial charge in [0.1, 0.15) is 41.4 Å². The van der Waals surface area contributed by atoms with Gasteiger partial charge in [-0.2, -0.15) is 0 Å². The predicted molar refractivity (Wildman–Crippen MR) is 115 cm³/mol. The van der Waals surface area contributed by atoms with Gasteiger partial charge in [0.25, 0.3) is 5.91 Å². The Hall–Kier alpha value is -3.75. The maximum Gasteiger partial charge on any atom is 0.257 e. The summed E-state index contributed by atoms with van der Waals surface area (Å²) in [4.78, 5) is 29.3. The van der Waals surface area contributed by atoms with Crippen molar-refractivity contribution in [2.75, 3.05) is 5.32 Å². The van der Waals surface area contributed by atoms with E-state index in [1.165, 1.54) is 0 Å². The lowest BCUT2D eigenvalue weighted by Gasteiger charge is -2.22. The molecule has 1 heterocycles. The van der Waals surface area contributed by atoms with E-state index in [-0.39, 0.29) is 5.92 Å². The van der Waals surface area contributed by atoms with Crippen molar-refractivity contribution < 1.29 is 23.1 Å². The van der Waals surface area contributed by atoms with Gasteiger partial charge in [0.05, 0.1) is 0 Å². The molecule has 9 heteroatoms. The van der Waals surface area contributed by atoms with Gasteiger partial charge >= 0.3 is 0 Å². The minimum absolute atomic E-state index is 0.295. The van der Waals surface area contributed by atoms with E-state index >= 15 is 0 Å². The Morgan fingerprint density at radius 3 is 2.31 bits per heavy atom. The molecule has 0 saturated carbocycles. The number of nitrogens with zero attached hydrogens (tertiary/aromatic N) is 2. The molecule has 0 radical (unpaired) electrons. The Labute approximate surface area is 184 Å². The van der Waals surface area contributed by atoms with E-state index in [9.17, 15) is 18.4 Å². The second-order valence-electron chi connectivity index (χ2n) is 7.55. The largest absolute Gasteiger partial charge is 0.486 e. The highest BCUT2D eigenvalue weighted by Crippen LogP contribution is 2.18. The van der Waals surface area contributed by atoms with Gasteiger partial charge < -0.3 is 19.9 Å². The van der Waals surface area contributed by atoms with Gasteiger partial charge in [0.15, 0.2) is 0 Å². The van der Waals surface area contributed by atoms with Gasteiger partial charge in [-0.25, -0.2) is 13.8 Å². The van der Waals surface area contributed by atoms with Crippen LogP contribution in [0.25, 0.3) is 0 Å². The number of carbonyl (C=O) groups is 2. The molecule has 0 fully saturated rings. The second kappa shape index (κ2) is 10.0. The van der Waals surface area contributed by atoms with Crippen LogP contribution < -0.4 is 15.4 Å². The Morgan fingerprint density at radius 2 is 1.75 bits per heavy atom. The Bertz CT molecular complexity index is 1080. The summed E-state index contributed by atoms with van der Waals surface area (Å²) in [6.07, 6.45) is 3.50. The van der Waals surface area contributed by atoms with E-state index in [0.29, 0.717) is 18.0 Å². The standard InChI is InChI=1S/C23H24F2N4O3/c1-14(2)21(28-22(30)20-17(24)5-4-6-18(20)25)23(31)27-15-7-9-16(10-8-15)32-13-19-26-11-12-29(19)3/h4-12,14,21H,13H2,1-3H3,(H,27,31)(H,28,30). The number of halogens is 2. The molecule has 168 valence electrons. The lowest BCUT2D eigenvalue weighted by atomic mass is 10.0. The molecule has 2 aromatic carbocycles. The molecule has 0 aliphatic heterocycles. The van der Waals surface area contributed by atoms with Crippen molar-refractivity contribution in [3.63, 3.8) is 0 Å². The predicted octanol–water partition coefficient (Wildman–Crippen LogP) is 3.67. The molecule has 2 N–H and O–H groups in total. The number of anilines is 1. The Kier molecular flexibility index (Phi) is 7.19. The van der Waals surface area contributed by atoms with Gasteiger partial charge in [-0.1, -0.05) is 19.9 Å². The molecule has 0 aliphatic rings. The SMILES string of the molecule is CC(C)C(NC(=O)c1c(F)cccc1F)C(=O)Nc1ccc(OCc2nccn2C)cc1. The quantitative estimate of drug-likeness (QED) is 0.558. The van der Waals surface area contributed by atoms with Crippen LogP contribution in [0.1, 0.15) is 30.0 Å². The van der Waals surface area contributed by atoms with Crippen LogP contribution in [0.15, 0.2) is 54.9 Å². The van der Waals surface area contributed by atoms with Crippen LogP contribution in [-0.4, -0.2) is 27.4 Å². The fourth-order valence-electron chi connectivity index (χ4n) is 3.00. The molecule has 0 spiro atoms. The number of carbonyl (C=O) groups excluding carboxylic acids is 2. The van der Waals surface area contributed by atoms with Crippen LogP contribution >= 0.6 is 0 Å². The maximum absolute atomic E-state index is 13.9. The highest BCUT2D eigenvalue weighted by atomic mass is 19.1. The van der Waals surface area contributed by atoms with E-state index in [1.807, 2.05) is 17.8 Å². The zero-order chi connectivity index (χ0) is 23.3. The molecule has 1 aromatic heterocycles. The van der Waals surface area contributed by atoms with Crippen LogP contribution in [0.4, 0.5) is 14.5 Å². The first-order valence-electron chi connectivity index (χ1n) is 10.0. The van der Waals surface area contributed by atoms with Crippen molar-refractivity contribution in [2.45, 2.75) is 26.5 Å². The maximum atomic E-state index is 13.9. The van der Waals surface area contributed by atoms with Crippen LogP contribution in [0, 0.1) is 17.6 Å². The third-order valence-corrected chi connectivity index (χ3v) is 4.84. The Balaban J connectivity index is 1.63. The van der Waals surface area contributed by atoms with Gasteiger partial charge in [-0.05, 0) is 42.3 Å². The number of imidazole rings is 1. The lowest BCUT2D eigenvalue weighted by molar-refractivity contribution is -0.118. The van der Waals surface area contributed by atoms with Crippen molar-refractivity contribution in [1.29, 1.82) is 0 Å². The van der Waals surface area contributed by atoms with Crippen molar-refractivity contribution in [2.24, 2.45) is 13.0 Å². The zero-order valence-electron chi connectivity index (χ0n) is 17.9. The Morgan fingerprint density at radius 1 is 1.09 bits per heavy atom. The van der Waals surface area contributed by atoms with Gasteiger partial charge in [-0.15, -0.1) is 0 Å². The molecule has 7 nitrogen and oxygen atoms in total. The first kappa shape index (κ1) is 22.9. The molecule has 32 heavy (non-hydrogen) atoms. The number of ether oxygens (including phenoxy) is 1. The number of benzene rings is 2. The minimum Gasteiger partial charge on any atom is -0.486 e. The minimum atomic E-state index is -0.999. The number of aromatic nitrogens is 2. The topological polar surface area (TPSA) is 85.2 Å². The summed E-state index contributed by atoms with van der Waals surface area (Å²) in [5.41, 5.74) is -0.239. The first-order chi connectivity index (χ1) is 15.3. The van der Waals surface area contributed by atoms with Gasteiger partial charge in [0.2, 0.25) is 5.91 Å². The number of hydrogen-bond donors (Lipinski definition) is 2. The monoisotopic (exact) mass is 442 g/mol. The third-order valence-electron chi connectivity index (χ3n) is 4.84. The fraction of sp³-hybridized carbons (Fsp3) is 0.261. The van der Waals surface area contributed by atoms with E-state index in [2.05, 4.69) is 15.6 Å². The van der Waals surface area contributed by atoms with E-state index < -0.39 is 35.1 Å². The highest BCUT2D eigenvalue weighted by Gasteiger charge is 2.27. The van der Waals surface area contributed by atoms with E-state index in [1.54, 1.807) is 44.3 Å². The number of amides is 2. The van der Waals surface area contributed by atoms with Crippen molar-refractivity contribution in [3.05, 3.63) is 77.9 Å². The second-order valence-corrected chi connectivity index (χ2v) is 7.55. The number of aryl methyl sites for hydroxylation is 1. The average Bonchev–Trinajstić information content (AvgIpc) is 3.15. The summed E-state index contributed by atoms with van der Waals surface area (Å²) in [7, 11) is 1.87. The third kappa shape index (κ3) is 5.48. The molecule has 0 aliphatic carbocycles. The fourth-order valence-corrected chi connectivity index (χ4v) is 3.00. The van der Waals surface area contributed by atoms with Gasteiger partial charge in [0, 0.05) is 25.1 Å². The van der Waals surface area contributed by atoms with Crippen LogP contribution in [0.5, 0.6) is 5.75 Å². The number of rotatable bonds is 8. The summed E-state index contributed by atoms with van der Waals surface area (Å²) in [5.74, 6) is -2.45. The molecule has 3 aromatic rings. The highest BCUT2D eigenvalue weighted by molar-refractivity contribution is 6.01. The van der Waals surface area contributed by atoms with Crippen molar-refractivity contribution in [3.8, 4) is 5.75 Å². The molecule has 1 unspecified atom stereocenters. The molecule has 2 amide bonds. The van der Waals surface area contributed by atoms with Crippen LogP contribution in [-0.2, 0) is 18.4 Å². The summed E-state index contributed by atoms with van der Waals surface area (Å²) in [6, 6.07) is 8.83. The van der Waals surface area contributed by atoms with Crippen LogP contribution in [0.2, 0.25) is 0 Å². The molecule has 0 bridgehead atoms. The van der Waals surface area contributed by atoms with Gasteiger partial charge in [-0.3, -0.25) is 9.59 Å². The zero-order valence-corrected chi connectivity index (χ0v) is 17.9. The number of nitrogens with one attached hydrogen (secondary N) is 2.